The van der Waals surface area contributed by atoms with Crippen molar-refractivity contribution in [2.75, 3.05) is 6.16 Å². The molecule has 0 saturated heterocycles. The monoisotopic (exact) mass is 586 g/mol. The fourth-order valence-electron chi connectivity index (χ4n) is 3.71. The standard InChI is InChI=1S/C26H21IOP.BrH/c27-22-18-16-21(17-19-22)26(28)20-29(23-10-4-1-5-11-23,24-12-6-2-7-13-24)25-14-8-3-9-15-25;/h1-19H,20H2;1H/q+1;/p-1. The van der Waals surface area contributed by atoms with Crippen molar-refractivity contribution in [1.82, 2.24) is 0 Å². The summed E-state index contributed by atoms with van der Waals surface area (Å²) >= 11 is 2.27. The van der Waals surface area contributed by atoms with Gasteiger partial charge in [0.1, 0.15) is 29.3 Å². The molecule has 0 N–H and O–H groups in total. The summed E-state index contributed by atoms with van der Waals surface area (Å²) in [5.41, 5.74) is 0.776. The minimum Gasteiger partial charge on any atom is -1.00 e. The number of Topliss-reactive ketones (excluding diaryl/α,β-unsaturated/α-hetero) is 1. The van der Waals surface area contributed by atoms with Crippen molar-refractivity contribution in [2.24, 2.45) is 0 Å². The Labute approximate surface area is 202 Å². The van der Waals surface area contributed by atoms with Crippen molar-refractivity contribution in [3.63, 3.8) is 0 Å². The van der Waals surface area contributed by atoms with Crippen LogP contribution in [0.1, 0.15) is 10.4 Å². The third-order valence-corrected chi connectivity index (χ3v) is 10.2. The number of ketones is 1. The average Bonchev–Trinajstić information content (AvgIpc) is 2.79. The van der Waals surface area contributed by atoms with Gasteiger partial charge in [-0.3, -0.25) is 4.79 Å². The molecule has 1 nitrogen and oxygen atoms in total. The maximum atomic E-state index is 13.5. The molecule has 0 saturated carbocycles. The Hall–Kier alpha value is -1.81. The van der Waals surface area contributed by atoms with Crippen molar-refractivity contribution in [1.29, 1.82) is 0 Å². The predicted octanol–water partition coefficient (Wildman–Crippen LogP) is 2.47. The molecule has 0 heterocycles. The summed E-state index contributed by atoms with van der Waals surface area (Å²) in [6.45, 7) is 0. The number of hydrogen-bond donors (Lipinski definition) is 0. The second-order valence-electron chi connectivity index (χ2n) is 6.90. The molecule has 4 aromatic carbocycles. The van der Waals surface area contributed by atoms with Gasteiger partial charge in [-0.25, -0.2) is 0 Å². The van der Waals surface area contributed by atoms with Gasteiger partial charge in [-0.15, -0.1) is 0 Å². The highest BCUT2D eigenvalue weighted by Gasteiger charge is 2.47. The first-order valence-electron chi connectivity index (χ1n) is 9.54. The molecule has 0 bridgehead atoms. The molecule has 0 fully saturated rings. The lowest BCUT2D eigenvalue weighted by Gasteiger charge is -2.27. The van der Waals surface area contributed by atoms with Gasteiger partial charge in [0.2, 0.25) is 5.78 Å². The Bertz CT molecular complexity index is 988. The summed E-state index contributed by atoms with van der Waals surface area (Å²) in [6, 6.07) is 39.5. The Balaban J connectivity index is 0.00000256. The molecule has 0 aliphatic carbocycles. The van der Waals surface area contributed by atoms with E-state index in [-0.39, 0.29) is 22.8 Å². The van der Waals surface area contributed by atoms with E-state index in [1.807, 2.05) is 42.5 Å². The molecular formula is C26H21BrIOP. The molecular weight excluding hydrogens is 566 g/mol. The highest BCUT2D eigenvalue weighted by atomic mass is 127. The van der Waals surface area contributed by atoms with E-state index in [9.17, 15) is 4.79 Å². The molecule has 0 spiro atoms. The van der Waals surface area contributed by atoms with Crippen molar-refractivity contribution < 1.29 is 21.8 Å². The van der Waals surface area contributed by atoms with Crippen LogP contribution in [0.25, 0.3) is 0 Å². The van der Waals surface area contributed by atoms with E-state index in [4.69, 9.17) is 0 Å². The van der Waals surface area contributed by atoms with E-state index < -0.39 is 7.26 Å². The van der Waals surface area contributed by atoms with Gasteiger partial charge in [-0.1, -0.05) is 66.7 Å². The summed E-state index contributed by atoms with van der Waals surface area (Å²) in [4.78, 5) is 13.5. The van der Waals surface area contributed by atoms with Crippen molar-refractivity contribution in [3.8, 4) is 0 Å². The molecule has 0 amide bonds. The topological polar surface area (TPSA) is 17.1 Å². The SMILES string of the molecule is O=C(C[P+](c1ccccc1)(c1ccccc1)c1ccccc1)c1ccc(I)cc1.[Br-]. The molecule has 0 unspecified atom stereocenters. The van der Waals surface area contributed by atoms with Crippen LogP contribution in [0.5, 0.6) is 0 Å². The zero-order chi connectivity index (χ0) is 20.1. The molecule has 0 radical (unpaired) electrons. The van der Waals surface area contributed by atoms with Crippen molar-refractivity contribution >= 4 is 51.6 Å². The maximum Gasteiger partial charge on any atom is 0.201 e. The summed E-state index contributed by atoms with van der Waals surface area (Å²) in [6.07, 6.45) is 0.478. The van der Waals surface area contributed by atoms with Crippen molar-refractivity contribution in [2.45, 2.75) is 0 Å². The molecule has 4 rings (SSSR count). The number of benzene rings is 4. The summed E-state index contributed by atoms with van der Waals surface area (Å²) in [5.74, 6) is 0.186. The van der Waals surface area contributed by atoms with E-state index in [2.05, 4.69) is 95.4 Å². The van der Waals surface area contributed by atoms with Gasteiger partial charge >= 0.3 is 0 Å². The maximum absolute atomic E-state index is 13.5. The fourth-order valence-corrected chi connectivity index (χ4v) is 8.17. The molecule has 4 aromatic rings. The van der Waals surface area contributed by atoms with E-state index in [1.54, 1.807) is 0 Å². The lowest BCUT2D eigenvalue weighted by Crippen LogP contribution is -3.00. The lowest BCUT2D eigenvalue weighted by molar-refractivity contribution is -0.0000132. The summed E-state index contributed by atoms with van der Waals surface area (Å²) < 4.78 is 1.13. The van der Waals surface area contributed by atoms with Gasteiger partial charge in [0.25, 0.3) is 0 Å². The Kier molecular flexibility index (Phi) is 7.99. The van der Waals surface area contributed by atoms with Crippen LogP contribution in [0.2, 0.25) is 0 Å². The summed E-state index contributed by atoms with van der Waals surface area (Å²) in [7, 11) is -2.14. The van der Waals surface area contributed by atoms with Crippen LogP contribution in [0, 0.1) is 3.57 Å². The first-order chi connectivity index (χ1) is 14.2. The van der Waals surface area contributed by atoms with Gasteiger partial charge in [0, 0.05) is 9.13 Å². The van der Waals surface area contributed by atoms with Crippen LogP contribution < -0.4 is 32.9 Å². The number of carbonyl (C=O) groups excluding carboxylic acids is 1. The Morgan fingerprint density at radius 3 is 1.33 bits per heavy atom. The lowest BCUT2D eigenvalue weighted by atomic mass is 10.2. The second kappa shape index (κ2) is 10.5. The Morgan fingerprint density at radius 2 is 0.967 bits per heavy atom. The second-order valence-corrected chi connectivity index (χ2v) is 11.6. The number of rotatable bonds is 6. The molecule has 0 atom stereocenters. The van der Waals surface area contributed by atoms with Crippen LogP contribution in [0.15, 0.2) is 115 Å². The minimum atomic E-state index is -2.14. The van der Waals surface area contributed by atoms with Gasteiger partial charge in [-0.05, 0) is 71.1 Å². The van der Waals surface area contributed by atoms with E-state index in [0.29, 0.717) is 6.16 Å². The largest absolute Gasteiger partial charge is 1.00 e. The zero-order valence-corrected chi connectivity index (χ0v) is 20.9. The van der Waals surface area contributed by atoms with Crippen LogP contribution in [-0.2, 0) is 0 Å². The third-order valence-electron chi connectivity index (χ3n) is 5.14. The van der Waals surface area contributed by atoms with Gasteiger partial charge < -0.3 is 17.0 Å². The van der Waals surface area contributed by atoms with Gasteiger partial charge in [0.05, 0.1) is 0 Å². The predicted molar refractivity (Wildman–Crippen MR) is 134 cm³/mol. The molecule has 0 aliphatic heterocycles. The highest BCUT2D eigenvalue weighted by molar-refractivity contribution is 14.1. The Morgan fingerprint density at radius 1 is 0.600 bits per heavy atom. The number of carbonyl (C=O) groups is 1. The molecule has 0 aromatic heterocycles. The highest BCUT2D eigenvalue weighted by Crippen LogP contribution is 2.55. The number of halogens is 2. The van der Waals surface area contributed by atoms with E-state index in [0.717, 1.165) is 9.13 Å². The van der Waals surface area contributed by atoms with E-state index in [1.165, 1.54) is 15.9 Å². The van der Waals surface area contributed by atoms with Crippen LogP contribution >= 0.6 is 29.9 Å². The average molecular weight is 587 g/mol. The molecule has 0 aliphatic rings. The third kappa shape index (κ3) is 4.74. The number of hydrogen-bond acceptors (Lipinski definition) is 1. The molecule has 30 heavy (non-hydrogen) atoms. The molecule has 150 valence electrons. The quantitative estimate of drug-likeness (QED) is 0.193. The fraction of sp³-hybridized carbons (Fsp3) is 0.0385. The summed E-state index contributed by atoms with van der Waals surface area (Å²) in [5, 5.41) is 3.70. The van der Waals surface area contributed by atoms with Crippen LogP contribution in [0.4, 0.5) is 0 Å². The van der Waals surface area contributed by atoms with Crippen LogP contribution in [0.3, 0.4) is 0 Å². The van der Waals surface area contributed by atoms with Gasteiger partial charge in [0.15, 0.2) is 0 Å². The molecule has 4 heteroatoms. The van der Waals surface area contributed by atoms with Gasteiger partial charge in [-0.2, -0.15) is 0 Å². The normalized spacial score (nSPS) is 10.8. The van der Waals surface area contributed by atoms with Crippen molar-refractivity contribution in [3.05, 3.63) is 124 Å². The van der Waals surface area contributed by atoms with Crippen LogP contribution in [-0.4, -0.2) is 11.9 Å². The first kappa shape index (κ1) is 22.9. The first-order valence-corrected chi connectivity index (χ1v) is 12.6. The zero-order valence-electron chi connectivity index (χ0n) is 16.3. The van der Waals surface area contributed by atoms with E-state index >= 15 is 0 Å². The minimum absolute atomic E-state index is 0. The smallest absolute Gasteiger partial charge is 0.201 e.